The molecule has 7 nitrogen and oxygen atoms in total. The van der Waals surface area contributed by atoms with Gasteiger partial charge in [0.1, 0.15) is 5.82 Å². The summed E-state index contributed by atoms with van der Waals surface area (Å²) in [6, 6.07) is 6.72. The summed E-state index contributed by atoms with van der Waals surface area (Å²) in [4.78, 5) is 16.1. The molecule has 0 radical (unpaired) electrons. The summed E-state index contributed by atoms with van der Waals surface area (Å²) in [6.45, 7) is 0.859. The monoisotopic (exact) mass is 275 g/mol. The third-order valence-electron chi connectivity index (χ3n) is 2.70. The number of benzene rings is 1. The molecular weight excluding hydrogens is 258 g/mol. The Hall–Kier alpha value is -2.41. The van der Waals surface area contributed by atoms with Crippen molar-refractivity contribution >= 4 is 11.6 Å². The first-order chi connectivity index (χ1) is 9.69. The predicted molar refractivity (Wildman–Crippen MR) is 74.0 cm³/mol. The van der Waals surface area contributed by atoms with E-state index in [-0.39, 0.29) is 5.91 Å². The fourth-order valence-electron chi connectivity index (χ4n) is 1.62. The van der Waals surface area contributed by atoms with Crippen LogP contribution in [-0.4, -0.2) is 34.8 Å². The van der Waals surface area contributed by atoms with Gasteiger partial charge in [-0.25, -0.2) is 4.98 Å². The molecule has 2 rings (SSSR count). The van der Waals surface area contributed by atoms with E-state index in [9.17, 15) is 4.79 Å². The van der Waals surface area contributed by atoms with Crippen LogP contribution in [0.2, 0.25) is 0 Å². The van der Waals surface area contributed by atoms with Crippen LogP contribution in [0.25, 0.3) is 0 Å². The highest BCUT2D eigenvalue weighted by Gasteiger charge is 2.07. The summed E-state index contributed by atoms with van der Waals surface area (Å²) in [5, 5.41) is 9.57. The number of carbonyl (C=O) groups is 1. The average molecular weight is 275 g/mol. The number of nitrogens with one attached hydrogen (secondary N) is 2. The van der Waals surface area contributed by atoms with Gasteiger partial charge in [-0.1, -0.05) is 0 Å². The number of hydrogen-bond acceptors (Lipinski definition) is 5. The molecule has 0 bridgehead atoms. The molecule has 0 unspecified atom stereocenters. The molecule has 0 fully saturated rings. The molecule has 1 heterocycles. The molecule has 1 aromatic carbocycles. The van der Waals surface area contributed by atoms with Crippen LogP contribution in [0.15, 0.2) is 24.3 Å². The Morgan fingerprint density at radius 3 is 2.85 bits per heavy atom. The predicted octanol–water partition coefficient (Wildman–Crippen LogP) is 0.506. The molecule has 0 saturated carbocycles. The first-order valence-electron chi connectivity index (χ1n) is 6.22. The maximum atomic E-state index is 11.9. The Balaban J connectivity index is 1.86. The Kier molecular flexibility index (Phi) is 4.67. The maximum Gasteiger partial charge on any atom is 0.251 e. The molecule has 0 aliphatic carbocycles. The smallest absolute Gasteiger partial charge is 0.251 e. The van der Waals surface area contributed by atoms with Crippen LogP contribution in [-0.2, 0) is 17.7 Å². The highest BCUT2D eigenvalue weighted by atomic mass is 16.5. The summed E-state index contributed by atoms with van der Waals surface area (Å²) in [5.74, 6) is 1.10. The molecule has 2 aromatic rings. The van der Waals surface area contributed by atoms with Gasteiger partial charge in [-0.05, 0) is 24.3 Å². The standard InChI is InChI=1S/C13H17N5O2/c1-20-7-6-11-16-12(18-17-11)8-15-13(19)9-2-4-10(14)5-3-9/h2-5H,6-8,14H2,1H3,(H,15,19)(H,16,17,18). The van der Waals surface area contributed by atoms with E-state index < -0.39 is 0 Å². The number of H-pyrrole nitrogens is 1. The Morgan fingerprint density at radius 1 is 1.40 bits per heavy atom. The zero-order valence-corrected chi connectivity index (χ0v) is 11.2. The van der Waals surface area contributed by atoms with E-state index in [0.29, 0.717) is 42.5 Å². The fourth-order valence-corrected chi connectivity index (χ4v) is 1.62. The van der Waals surface area contributed by atoms with Gasteiger partial charge in [-0.3, -0.25) is 9.89 Å². The van der Waals surface area contributed by atoms with Gasteiger partial charge < -0.3 is 15.8 Å². The van der Waals surface area contributed by atoms with E-state index in [1.807, 2.05) is 0 Å². The summed E-state index contributed by atoms with van der Waals surface area (Å²) in [7, 11) is 1.63. The van der Waals surface area contributed by atoms with Crippen LogP contribution in [0, 0.1) is 0 Å². The van der Waals surface area contributed by atoms with Crippen LogP contribution < -0.4 is 11.1 Å². The number of nitrogens with zero attached hydrogens (tertiary/aromatic N) is 2. The normalized spacial score (nSPS) is 10.4. The molecule has 1 aromatic heterocycles. The zero-order valence-electron chi connectivity index (χ0n) is 11.2. The first-order valence-corrected chi connectivity index (χ1v) is 6.22. The van der Waals surface area contributed by atoms with Crippen molar-refractivity contribution in [1.82, 2.24) is 20.5 Å². The number of nitrogens with two attached hydrogens (primary N) is 1. The zero-order chi connectivity index (χ0) is 14.4. The van der Waals surface area contributed by atoms with Gasteiger partial charge >= 0.3 is 0 Å². The molecule has 4 N–H and O–H groups in total. The van der Waals surface area contributed by atoms with Crippen molar-refractivity contribution < 1.29 is 9.53 Å². The molecule has 20 heavy (non-hydrogen) atoms. The summed E-state index contributed by atoms with van der Waals surface area (Å²) in [5.41, 5.74) is 6.75. The largest absolute Gasteiger partial charge is 0.399 e. The van der Waals surface area contributed by atoms with Crippen LogP contribution in [0.4, 0.5) is 5.69 Å². The van der Waals surface area contributed by atoms with Gasteiger partial charge in [-0.15, -0.1) is 0 Å². The quantitative estimate of drug-likeness (QED) is 0.666. The Bertz CT molecular complexity index is 564. The second-order valence-corrected chi connectivity index (χ2v) is 4.25. The second kappa shape index (κ2) is 6.67. The molecule has 106 valence electrons. The van der Waals surface area contributed by atoms with Gasteiger partial charge in [0.25, 0.3) is 5.91 Å². The summed E-state index contributed by atoms with van der Waals surface area (Å²) < 4.78 is 4.95. The van der Waals surface area contributed by atoms with Crippen molar-refractivity contribution in [3.05, 3.63) is 41.5 Å². The lowest BCUT2D eigenvalue weighted by Crippen LogP contribution is -2.23. The number of carbonyl (C=O) groups excluding carboxylic acids is 1. The lowest BCUT2D eigenvalue weighted by molar-refractivity contribution is 0.0950. The van der Waals surface area contributed by atoms with Crippen LogP contribution in [0.5, 0.6) is 0 Å². The molecule has 0 saturated heterocycles. The number of rotatable bonds is 6. The van der Waals surface area contributed by atoms with E-state index in [1.54, 1.807) is 31.4 Å². The summed E-state index contributed by atoms with van der Waals surface area (Å²) in [6.07, 6.45) is 0.638. The topological polar surface area (TPSA) is 106 Å². The van der Waals surface area contributed by atoms with Crippen LogP contribution in [0.1, 0.15) is 22.0 Å². The molecule has 7 heteroatoms. The number of amides is 1. The third-order valence-corrected chi connectivity index (χ3v) is 2.70. The molecule has 0 aliphatic heterocycles. The van der Waals surface area contributed by atoms with Gasteiger partial charge in [0.15, 0.2) is 5.82 Å². The van der Waals surface area contributed by atoms with Gasteiger partial charge in [0, 0.05) is 24.8 Å². The van der Waals surface area contributed by atoms with Crippen LogP contribution in [0.3, 0.4) is 0 Å². The van der Waals surface area contributed by atoms with Crippen molar-refractivity contribution in [3.63, 3.8) is 0 Å². The van der Waals surface area contributed by atoms with Gasteiger partial charge in [0.05, 0.1) is 13.2 Å². The summed E-state index contributed by atoms with van der Waals surface area (Å²) >= 11 is 0. The highest BCUT2D eigenvalue weighted by Crippen LogP contribution is 2.05. The van der Waals surface area contributed by atoms with E-state index in [0.717, 1.165) is 0 Å². The number of methoxy groups -OCH3 is 1. The minimum Gasteiger partial charge on any atom is -0.399 e. The number of aromatic nitrogens is 3. The Morgan fingerprint density at radius 2 is 2.15 bits per heavy atom. The minimum atomic E-state index is -0.181. The highest BCUT2D eigenvalue weighted by molar-refractivity contribution is 5.94. The van der Waals surface area contributed by atoms with Crippen molar-refractivity contribution in [1.29, 1.82) is 0 Å². The van der Waals surface area contributed by atoms with Crippen molar-refractivity contribution in [2.75, 3.05) is 19.5 Å². The molecule has 0 spiro atoms. The van der Waals surface area contributed by atoms with Crippen molar-refractivity contribution in [3.8, 4) is 0 Å². The SMILES string of the molecule is COCCc1n[nH]c(CNC(=O)c2ccc(N)cc2)n1. The average Bonchev–Trinajstić information content (AvgIpc) is 2.91. The fraction of sp³-hybridized carbons (Fsp3) is 0.308. The van der Waals surface area contributed by atoms with E-state index in [4.69, 9.17) is 10.5 Å². The lowest BCUT2D eigenvalue weighted by Gasteiger charge is -2.03. The van der Waals surface area contributed by atoms with Gasteiger partial charge in [-0.2, -0.15) is 5.10 Å². The minimum absolute atomic E-state index is 0.181. The maximum absolute atomic E-state index is 11.9. The molecule has 1 amide bonds. The Labute approximate surface area is 116 Å². The number of hydrogen-bond donors (Lipinski definition) is 3. The number of aromatic amines is 1. The van der Waals surface area contributed by atoms with Crippen LogP contribution >= 0.6 is 0 Å². The molecular formula is C13H17N5O2. The third kappa shape index (κ3) is 3.79. The number of anilines is 1. The lowest BCUT2D eigenvalue weighted by atomic mass is 10.2. The number of ether oxygens (including phenoxy) is 1. The van der Waals surface area contributed by atoms with Crippen molar-refractivity contribution in [2.24, 2.45) is 0 Å². The second-order valence-electron chi connectivity index (χ2n) is 4.25. The van der Waals surface area contributed by atoms with E-state index in [2.05, 4.69) is 20.5 Å². The van der Waals surface area contributed by atoms with E-state index >= 15 is 0 Å². The first kappa shape index (κ1) is 14.0. The molecule has 0 aliphatic rings. The molecule has 0 atom stereocenters. The number of nitrogen functional groups attached to an aromatic ring is 1. The van der Waals surface area contributed by atoms with E-state index in [1.165, 1.54) is 0 Å². The van der Waals surface area contributed by atoms with Crippen molar-refractivity contribution in [2.45, 2.75) is 13.0 Å². The van der Waals surface area contributed by atoms with Gasteiger partial charge in [0.2, 0.25) is 0 Å².